The van der Waals surface area contributed by atoms with Gasteiger partial charge in [0.1, 0.15) is 5.78 Å². The van der Waals surface area contributed by atoms with Crippen molar-refractivity contribution in [2.75, 3.05) is 0 Å². The first kappa shape index (κ1) is 28.7. The van der Waals surface area contributed by atoms with Crippen molar-refractivity contribution < 1.29 is 89.5 Å². The van der Waals surface area contributed by atoms with E-state index in [2.05, 4.69) is 63.6 Å². The summed E-state index contributed by atoms with van der Waals surface area (Å²) >= 11 is 0. The summed E-state index contributed by atoms with van der Waals surface area (Å²) in [7, 11) is 0. The van der Waals surface area contributed by atoms with Crippen molar-refractivity contribution in [2.45, 2.75) is 46.0 Å². The van der Waals surface area contributed by atoms with Crippen molar-refractivity contribution in [3.63, 3.8) is 0 Å². The van der Waals surface area contributed by atoms with Gasteiger partial charge in [-0.2, -0.15) is 0 Å². The second-order valence-corrected chi connectivity index (χ2v) is 5.65. The third-order valence-electron chi connectivity index (χ3n) is 3.43. The maximum absolute atomic E-state index is 10.9. The Labute approximate surface area is 205 Å². The number of carbonyl (C=O) groups excluding carboxylic acids is 1. The summed E-state index contributed by atoms with van der Waals surface area (Å²) in [6.45, 7) is 10.1. The SMILES string of the molecule is [CH2-][C@@H](C)c1ccccc1/C=C/[CH-][C@@H](C)CCCC(C)=O.[OH-].[Rb+].[W]. The summed E-state index contributed by atoms with van der Waals surface area (Å²) in [5.41, 5.74) is 2.52. The molecular formula is C19H27O2RbW-2. The first-order valence-electron chi connectivity index (χ1n) is 7.43. The number of ketones is 1. The molecule has 1 N–H and O–H groups in total. The molecule has 1 aromatic rings. The minimum atomic E-state index is 0. The Balaban J connectivity index is -0.00000133. The summed E-state index contributed by atoms with van der Waals surface area (Å²) < 4.78 is 0. The van der Waals surface area contributed by atoms with Crippen LogP contribution in [0.1, 0.15) is 57.1 Å². The molecule has 1 aromatic carbocycles. The molecule has 0 saturated carbocycles. The number of rotatable bonds is 8. The average molecular weight is 557 g/mol. The number of benzene rings is 1. The molecule has 4 heteroatoms. The minimum absolute atomic E-state index is 0. The number of carbonyl (C=O) groups is 1. The van der Waals surface area contributed by atoms with Gasteiger partial charge < -0.3 is 17.2 Å². The number of allylic oxidation sites excluding steroid dienone is 1. The summed E-state index contributed by atoms with van der Waals surface area (Å²) in [5.74, 6) is 1.09. The first-order chi connectivity index (χ1) is 9.50. The van der Waals surface area contributed by atoms with E-state index in [9.17, 15) is 4.79 Å². The Morgan fingerprint density at radius 2 is 1.91 bits per heavy atom. The molecule has 0 amide bonds. The smallest absolute Gasteiger partial charge is 0.870 e. The van der Waals surface area contributed by atoms with Gasteiger partial charge >= 0.3 is 58.2 Å². The fourth-order valence-electron chi connectivity index (χ4n) is 2.23. The van der Waals surface area contributed by atoms with Gasteiger partial charge in [0, 0.05) is 27.5 Å². The molecule has 0 spiro atoms. The molecule has 0 unspecified atom stereocenters. The summed E-state index contributed by atoms with van der Waals surface area (Å²) in [6, 6.07) is 8.37. The van der Waals surface area contributed by atoms with Gasteiger partial charge in [-0.1, -0.05) is 56.0 Å². The van der Waals surface area contributed by atoms with Crippen LogP contribution in [-0.2, 0) is 25.9 Å². The second-order valence-electron chi connectivity index (χ2n) is 5.65. The van der Waals surface area contributed by atoms with Crippen molar-refractivity contribution in [3.05, 3.63) is 54.8 Å². The van der Waals surface area contributed by atoms with Gasteiger partial charge in [0.25, 0.3) is 0 Å². The molecule has 0 aromatic heterocycles. The number of Topliss-reactive ketones (excluding diaryl/α,β-unsaturated/α-hetero) is 1. The summed E-state index contributed by atoms with van der Waals surface area (Å²) in [4.78, 5) is 10.9. The van der Waals surface area contributed by atoms with Crippen molar-refractivity contribution in [3.8, 4) is 0 Å². The van der Waals surface area contributed by atoms with Crippen molar-refractivity contribution >= 4 is 11.9 Å². The molecular weight excluding hydrogens is 530 g/mol. The van der Waals surface area contributed by atoms with E-state index in [-0.39, 0.29) is 90.5 Å². The van der Waals surface area contributed by atoms with Gasteiger partial charge in [-0.05, 0) is 13.3 Å². The van der Waals surface area contributed by atoms with Crippen LogP contribution >= 0.6 is 0 Å². The van der Waals surface area contributed by atoms with Gasteiger partial charge in [-0.15, -0.1) is 11.5 Å². The molecule has 0 radical (unpaired) electrons. The molecule has 2 atom stereocenters. The monoisotopic (exact) mass is 556 g/mol. The Hall–Kier alpha value is 0.954. The molecule has 124 valence electrons. The second kappa shape index (κ2) is 16.4. The standard InChI is InChI=1S/C19H26O.H2O.Rb.W/c1-15(2)19-14-6-5-12-18(19)13-8-10-16(3)9-7-11-17(4)20;;;/h5-6,8,10,12-16H,1,7,9,11H2,2-4H3;1H2;;/q-2;;+1;/p-1/b13-8+;;;/t15-,16-;;;/m0.../s1. The normalized spacial score (nSPS) is 12.3. The molecule has 0 saturated heterocycles. The minimum Gasteiger partial charge on any atom is -0.870 e. The Bertz CT molecular complexity index is 458. The Morgan fingerprint density at radius 1 is 1.30 bits per heavy atom. The van der Waals surface area contributed by atoms with Crippen molar-refractivity contribution in [1.29, 1.82) is 0 Å². The quantitative estimate of drug-likeness (QED) is 0.461. The van der Waals surface area contributed by atoms with E-state index in [1.165, 1.54) is 11.1 Å². The molecule has 0 fully saturated rings. The molecule has 2 nitrogen and oxygen atoms in total. The van der Waals surface area contributed by atoms with E-state index in [0.29, 0.717) is 18.3 Å². The maximum Gasteiger partial charge on any atom is 1.00 e. The average Bonchev–Trinajstić information content (AvgIpc) is 2.38. The maximum atomic E-state index is 10.9. The fraction of sp³-hybridized carbons (Fsp3) is 0.421. The molecule has 0 bridgehead atoms. The van der Waals surface area contributed by atoms with Gasteiger partial charge in [-0.25, -0.2) is 18.6 Å². The zero-order valence-corrected chi connectivity index (χ0v) is 22.6. The van der Waals surface area contributed by atoms with Crippen LogP contribution in [0.5, 0.6) is 0 Å². The number of hydrogen-bond acceptors (Lipinski definition) is 2. The molecule has 0 aliphatic heterocycles. The molecule has 1 rings (SSSR count). The van der Waals surface area contributed by atoms with Crippen LogP contribution in [-0.4, -0.2) is 11.3 Å². The summed E-state index contributed by atoms with van der Waals surface area (Å²) in [6.07, 6.45) is 9.23. The van der Waals surface area contributed by atoms with Gasteiger partial charge in [-0.3, -0.25) is 0 Å². The summed E-state index contributed by atoms with van der Waals surface area (Å²) in [5, 5.41) is 0. The third-order valence-corrected chi connectivity index (χ3v) is 3.43. The van der Waals surface area contributed by atoms with E-state index in [1.807, 2.05) is 0 Å². The Kier molecular flexibility index (Phi) is 20.5. The van der Waals surface area contributed by atoms with Crippen LogP contribution in [0.15, 0.2) is 30.3 Å². The zero-order valence-electron chi connectivity index (χ0n) is 14.8. The zero-order chi connectivity index (χ0) is 15.0. The van der Waals surface area contributed by atoms with Gasteiger partial charge in [0.2, 0.25) is 0 Å². The van der Waals surface area contributed by atoms with Gasteiger partial charge in [0.05, 0.1) is 0 Å². The van der Waals surface area contributed by atoms with E-state index in [0.717, 1.165) is 12.8 Å². The van der Waals surface area contributed by atoms with Crippen molar-refractivity contribution in [1.82, 2.24) is 0 Å². The van der Waals surface area contributed by atoms with Crippen LogP contribution in [0.25, 0.3) is 6.08 Å². The molecule has 0 aliphatic rings. The van der Waals surface area contributed by atoms with E-state index >= 15 is 0 Å². The fourth-order valence-corrected chi connectivity index (χ4v) is 2.23. The first-order valence-corrected chi connectivity index (χ1v) is 7.43. The van der Waals surface area contributed by atoms with Crippen molar-refractivity contribution in [2.24, 2.45) is 5.92 Å². The predicted octanol–water partition coefficient (Wildman–Crippen LogP) is 2.06. The molecule has 0 aliphatic carbocycles. The molecule has 23 heavy (non-hydrogen) atoms. The predicted molar refractivity (Wildman–Crippen MR) is 89.2 cm³/mol. The van der Waals surface area contributed by atoms with Crippen LogP contribution in [0.3, 0.4) is 0 Å². The van der Waals surface area contributed by atoms with E-state index < -0.39 is 0 Å². The van der Waals surface area contributed by atoms with Crippen LogP contribution < -0.4 is 58.2 Å². The van der Waals surface area contributed by atoms with E-state index in [4.69, 9.17) is 0 Å². The Morgan fingerprint density at radius 3 is 2.48 bits per heavy atom. The largest absolute Gasteiger partial charge is 1.00 e. The topological polar surface area (TPSA) is 47.1 Å². The van der Waals surface area contributed by atoms with E-state index in [1.54, 1.807) is 6.92 Å². The van der Waals surface area contributed by atoms with Crippen LogP contribution in [0.4, 0.5) is 0 Å². The van der Waals surface area contributed by atoms with Crippen LogP contribution in [0, 0.1) is 19.3 Å². The van der Waals surface area contributed by atoms with Gasteiger partial charge in [0.15, 0.2) is 0 Å². The van der Waals surface area contributed by atoms with Crippen LogP contribution in [0.2, 0.25) is 0 Å². The molecule has 0 heterocycles. The third kappa shape index (κ3) is 12.9. The number of hydrogen-bond donors (Lipinski definition) is 0.